The zero-order valence-electron chi connectivity index (χ0n) is 11.2. The Morgan fingerprint density at radius 2 is 2.06 bits per heavy atom. The van der Waals surface area contributed by atoms with E-state index in [4.69, 9.17) is 4.74 Å². The largest absolute Gasteiger partial charge is 0.383 e. The fourth-order valence-electron chi connectivity index (χ4n) is 2.77. The molecule has 1 N–H and O–H groups in total. The van der Waals surface area contributed by atoms with Crippen LogP contribution in [0.2, 0.25) is 0 Å². The molecule has 0 aliphatic heterocycles. The first-order chi connectivity index (χ1) is 7.79. The summed E-state index contributed by atoms with van der Waals surface area (Å²) in [5, 5.41) is 3.46. The van der Waals surface area contributed by atoms with E-state index in [2.05, 4.69) is 24.1 Å². The predicted octanol–water partition coefficient (Wildman–Crippen LogP) is 1.88. The Hall–Kier alpha value is -0.120. The van der Waals surface area contributed by atoms with Crippen LogP contribution in [0.4, 0.5) is 0 Å². The topological polar surface area (TPSA) is 24.5 Å². The highest BCUT2D eigenvalue weighted by Gasteiger charge is 2.24. The van der Waals surface area contributed by atoms with Crippen molar-refractivity contribution in [2.24, 2.45) is 0 Å². The third-order valence-electron chi connectivity index (χ3n) is 3.65. The Morgan fingerprint density at radius 3 is 2.62 bits per heavy atom. The zero-order valence-corrected chi connectivity index (χ0v) is 11.2. The van der Waals surface area contributed by atoms with E-state index in [1.54, 1.807) is 7.11 Å². The van der Waals surface area contributed by atoms with Crippen LogP contribution in [0.1, 0.15) is 39.5 Å². The van der Waals surface area contributed by atoms with E-state index in [0.29, 0.717) is 6.04 Å². The first-order valence-electron chi connectivity index (χ1n) is 6.75. The zero-order chi connectivity index (χ0) is 11.8. The van der Waals surface area contributed by atoms with Gasteiger partial charge in [-0.05, 0) is 26.3 Å². The molecule has 0 aromatic carbocycles. The van der Waals surface area contributed by atoms with E-state index in [1.165, 1.54) is 32.2 Å². The van der Waals surface area contributed by atoms with Crippen molar-refractivity contribution in [1.82, 2.24) is 10.2 Å². The molecule has 3 nitrogen and oxygen atoms in total. The van der Waals surface area contributed by atoms with E-state index < -0.39 is 0 Å². The molecule has 1 atom stereocenters. The third-order valence-corrected chi connectivity index (χ3v) is 3.65. The van der Waals surface area contributed by atoms with Crippen LogP contribution < -0.4 is 5.32 Å². The maximum absolute atomic E-state index is 5.03. The van der Waals surface area contributed by atoms with Crippen molar-refractivity contribution in [3.05, 3.63) is 0 Å². The lowest BCUT2D eigenvalue weighted by molar-refractivity contribution is 0.146. The number of ether oxygens (including phenoxy) is 1. The molecular formula is C13H28N2O. The highest BCUT2D eigenvalue weighted by Crippen LogP contribution is 2.24. The minimum atomic E-state index is 0.643. The SMILES string of the molecule is CCN(C(C)CNCCOC)C1CCCC1. The molecule has 1 unspecified atom stereocenters. The van der Waals surface area contributed by atoms with Crippen molar-refractivity contribution in [3.63, 3.8) is 0 Å². The van der Waals surface area contributed by atoms with E-state index in [0.717, 1.165) is 25.7 Å². The van der Waals surface area contributed by atoms with Gasteiger partial charge in [0.25, 0.3) is 0 Å². The van der Waals surface area contributed by atoms with Crippen molar-refractivity contribution in [2.45, 2.75) is 51.6 Å². The summed E-state index contributed by atoms with van der Waals surface area (Å²) in [4.78, 5) is 2.66. The lowest BCUT2D eigenvalue weighted by Gasteiger charge is -2.33. The molecule has 16 heavy (non-hydrogen) atoms. The molecule has 1 aliphatic rings. The van der Waals surface area contributed by atoms with Gasteiger partial charge in [-0.1, -0.05) is 19.8 Å². The summed E-state index contributed by atoms with van der Waals surface area (Å²) in [7, 11) is 1.75. The highest BCUT2D eigenvalue weighted by atomic mass is 16.5. The summed E-state index contributed by atoms with van der Waals surface area (Å²) in [6.07, 6.45) is 5.64. The first-order valence-corrected chi connectivity index (χ1v) is 6.75. The second-order valence-electron chi connectivity index (χ2n) is 4.81. The Labute approximate surface area is 101 Å². The van der Waals surface area contributed by atoms with Gasteiger partial charge in [0.15, 0.2) is 0 Å². The number of hydrogen-bond donors (Lipinski definition) is 1. The molecule has 0 radical (unpaired) electrons. The standard InChI is InChI=1S/C13H28N2O/c1-4-15(13-7-5-6-8-13)12(2)11-14-9-10-16-3/h12-14H,4-11H2,1-3H3. The Morgan fingerprint density at radius 1 is 1.38 bits per heavy atom. The number of nitrogens with zero attached hydrogens (tertiary/aromatic N) is 1. The monoisotopic (exact) mass is 228 g/mol. The lowest BCUT2D eigenvalue weighted by Crippen LogP contribution is -2.45. The Kier molecular flexibility index (Phi) is 7.01. The van der Waals surface area contributed by atoms with E-state index in [9.17, 15) is 0 Å². The maximum atomic E-state index is 5.03. The quantitative estimate of drug-likeness (QED) is 0.642. The molecule has 0 saturated heterocycles. The molecule has 1 saturated carbocycles. The number of hydrogen-bond acceptors (Lipinski definition) is 3. The molecule has 0 amide bonds. The molecule has 0 aromatic rings. The van der Waals surface area contributed by atoms with Crippen LogP contribution in [-0.4, -0.2) is 50.3 Å². The van der Waals surface area contributed by atoms with Crippen molar-refractivity contribution in [3.8, 4) is 0 Å². The van der Waals surface area contributed by atoms with Crippen LogP contribution in [-0.2, 0) is 4.74 Å². The van der Waals surface area contributed by atoms with Gasteiger partial charge in [-0.3, -0.25) is 4.90 Å². The van der Waals surface area contributed by atoms with E-state index in [-0.39, 0.29) is 0 Å². The molecule has 3 heteroatoms. The van der Waals surface area contributed by atoms with E-state index in [1.807, 2.05) is 0 Å². The van der Waals surface area contributed by atoms with Gasteiger partial charge in [-0.25, -0.2) is 0 Å². The molecule has 1 rings (SSSR count). The minimum Gasteiger partial charge on any atom is -0.383 e. The van der Waals surface area contributed by atoms with Gasteiger partial charge in [0.2, 0.25) is 0 Å². The van der Waals surface area contributed by atoms with Crippen LogP contribution in [0.3, 0.4) is 0 Å². The van der Waals surface area contributed by atoms with Gasteiger partial charge in [0.1, 0.15) is 0 Å². The van der Waals surface area contributed by atoms with Crippen LogP contribution >= 0.6 is 0 Å². The van der Waals surface area contributed by atoms with E-state index >= 15 is 0 Å². The van der Waals surface area contributed by atoms with Gasteiger partial charge >= 0.3 is 0 Å². The van der Waals surface area contributed by atoms with Crippen molar-refractivity contribution in [1.29, 1.82) is 0 Å². The number of rotatable bonds is 8. The minimum absolute atomic E-state index is 0.643. The average Bonchev–Trinajstić information content (AvgIpc) is 2.79. The van der Waals surface area contributed by atoms with Gasteiger partial charge in [0, 0.05) is 32.3 Å². The molecular weight excluding hydrogens is 200 g/mol. The molecule has 96 valence electrons. The summed E-state index contributed by atoms with van der Waals surface area (Å²) < 4.78 is 5.03. The van der Waals surface area contributed by atoms with Crippen LogP contribution in [0.5, 0.6) is 0 Å². The summed E-state index contributed by atoms with van der Waals surface area (Å²) in [5.74, 6) is 0. The number of methoxy groups -OCH3 is 1. The summed E-state index contributed by atoms with van der Waals surface area (Å²) in [6.45, 7) is 8.64. The van der Waals surface area contributed by atoms with Crippen LogP contribution in [0.15, 0.2) is 0 Å². The second kappa shape index (κ2) is 8.04. The predicted molar refractivity (Wildman–Crippen MR) is 68.8 cm³/mol. The fraction of sp³-hybridized carbons (Fsp3) is 1.00. The fourth-order valence-corrected chi connectivity index (χ4v) is 2.77. The first kappa shape index (κ1) is 13.9. The average molecular weight is 228 g/mol. The van der Waals surface area contributed by atoms with Gasteiger partial charge in [0.05, 0.1) is 6.61 Å². The smallest absolute Gasteiger partial charge is 0.0587 e. The van der Waals surface area contributed by atoms with Gasteiger partial charge < -0.3 is 10.1 Å². The molecule has 1 fully saturated rings. The number of nitrogens with one attached hydrogen (secondary N) is 1. The lowest BCUT2D eigenvalue weighted by atomic mass is 10.1. The summed E-state index contributed by atoms with van der Waals surface area (Å²) in [6, 6.07) is 1.48. The van der Waals surface area contributed by atoms with Crippen molar-refractivity contribution < 1.29 is 4.74 Å². The third kappa shape index (κ3) is 4.40. The van der Waals surface area contributed by atoms with Crippen LogP contribution in [0, 0.1) is 0 Å². The number of likely N-dealkylation sites (N-methyl/N-ethyl adjacent to an activating group) is 1. The molecule has 0 spiro atoms. The highest BCUT2D eigenvalue weighted by molar-refractivity contribution is 4.81. The normalized spacial score (nSPS) is 19.5. The van der Waals surface area contributed by atoms with Crippen LogP contribution in [0.25, 0.3) is 0 Å². The van der Waals surface area contributed by atoms with Gasteiger partial charge in [-0.2, -0.15) is 0 Å². The Balaban J connectivity index is 2.22. The van der Waals surface area contributed by atoms with Crippen molar-refractivity contribution in [2.75, 3.05) is 33.4 Å². The summed E-state index contributed by atoms with van der Waals surface area (Å²) >= 11 is 0. The Bertz CT molecular complexity index is 169. The second-order valence-corrected chi connectivity index (χ2v) is 4.81. The maximum Gasteiger partial charge on any atom is 0.0587 e. The van der Waals surface area contributed by atoms with Crippen molar-refractivity contribution >= 4 is 0 Å². The molecule has 0 bridgehead atoms. The molecule has 1 aliphatic carbocycles. The van der Waals surface area contributed by atoms with Gasteiger partial charge in [-0.15, -0.1) is 0 Å². The molecule has 0 aromatic heterocycles. The summed E-state index contributed by atoms with van der Waals surface area (Å²) in [5.41, 5.74) is 0. The molecule has 0 heterocycles.